The van der Waals surface area contributed by atoms with E-state index >= 15 is 0 Å². The number of aliphatic hydroxyl groups is 5. The monoisotopic (exact) mass is 1110 g/mol. The third-order valence-electron chi connectivity index (χ3n) is 15.0. The van der Waals surface area contributed by atoms with Crippen LogP contribution in [0.3, 0.4) is 0 Å². The van der Waals surface area contributed by atoms with Crippen LogP contribution >= 0.6 is 0 Å². The lowest BCUT2D eigenvalue weighted by Gasteiger charge is -2.40. The number of hydrogen-bond acceptors (Lipinski definition) is 10. The van der Waals surface area contributed by atoms with Crippen LogP contribution in [0.1, 0.15) is 284 Å². The highest BCUT2D eigenvalue weighted by Crippen LogP contribution is 2.23. The molecule has 0 aromatic rings. The summed E-state index contributed by atoms with van der Waals surface area (Å²) in [6, 6.07) is -0.841. The van der Waals surface area contributed by atoms with Crippen molar-refractivity contribution in [3.63, 3.8) is 0 Å². The molecule has 6 N–H and O–H groups in total. The van der Waals surface area contributed by atoms with E-state index in [1.165, 1.54) is 161 Å². The Balaban J connectivity index is 2.07. The van der Waals surface area contributed by atoms with Crippen molar-refractivity contribution in [2.45, 2.75) is 326 Å². The largest absolute Gasteiger partial charge is 0.466 e. The molecule has 0 bridgehead atoms. The van der Waals surface area contributed by atoms with Gasteiger partial charge in [0.2, 0.25) is 5.91 Å². The van der Waals surface area contributed by atoms with Gasteiger partial charge in [0.15, 0.2) is 6.29 Å². The minimum Gasteiger partial charge on any atom is -0.466 e. The zero-order valence-electron chi connectivity index (χ0n) is 50.6. The standard InChI is InChI=1S/C68H121NO10/c1-3-5-7-9-11-13-15-17-31-34-38-42-46-50-54-61(71)60(59-78-68-67(76)66(75)65(74)62(58-70)79-68)69-63(72)55-51-47-43-39-35-32-29-27-25-23-21-19-18-20-22-24-26-28-30-33-37-41-45-49-53-57-77-64(73)56-52-48-44-40-36-16-14-12-10-8-6-4-2/h12-15,19-22,34,38,50,54,60-62,65-68,70-71,74-76H,3-11,16-18,23-33,35-37,39-49,51-53,55-59H2,1-2H3,(H,69,72)/b14-12-,15-13+,21-19-,22-20-,38-34+,54-50+. The third kappa shape index (κ3) is 46.3. The Morgan fingerprint density at radius 3 is 1.35 bits per heavy atom. The van der Waals surface area contributed by atoms with Gasteiger partial charge in [0.25, 0.3) is 0 Å². The fourth-order valence-electron chi connectivity index (χ4n) is 9.78. The zero-order valence-corrected chi connectivity index (χ0v) is 50.6. The minimum absolute atomic E-state index is 0.0131. The Morgan fingerprint density at radius 2 is 0.861 bits per heavy atom. The Hall–Kier alpha value is -2.90. The van der Waals surface area contributed by atoms with E-state index in [2.05, 4.69) is 79.9 Å². The summed E-state index contributed by atoms with van der Waals surface area (Å²) in [6.45, 7) is 4.27. The second-order valence-corrected chi connectivity index (χ2v) is 22.4. The van der Waals surface area contributed by atoms with E-state index in [0.29, 0.717) is 19.4 Å². The normalized spacial score (nSPS) is 18.9. The maximum absolute atomic E-state index is 13.1. The van der Waals surface area contributed by atoms with Crippen molar-refractivity contribution >= 4 is 11.9 Å². The molecular weight excluding hydrogens is 991 g/mol. The Bertz CT molecular complexity index is 1540. The minimum atomic E-state index is -1.58. The molecule has 0 aliphatic carbocycles. The Labute approximate surface area is 483 Å². The number of aliphatic hydroxyl groups excluding tert-OH is 5. The molecule has 79 heavy (non-hydrogen) atoms. The van der Waals surface area contributed by atoms with Crippen LogP contribution in [-0.4, -0.2) is 100 Å². The third-order valence-corrected chi connectivity index (χ3v) is 15.0. The van der Waals surface area contributed by atoms with Crippen LogP contribution in [0.5, 0.6) is 0 Å². The van der Waals surface area contributed by atoms with Crippen LogP contribution in [0.25, 0.3) is 0 Å². The van der Waals surface area contributed by atoms with Gasteiger partial charge in [-0.25, -0.2) is 0 Å². The molecule has 0 saturated carbocycles. The van der Waals surface area contributed by atoms with E-state index in [1.54, 1.807) is 6.08 Å². The summed E-state index contributed by atoms with van der Waals surface area (Å²) >= 11 is 0. The summed E-state index contributed by atoms with van der Waals surface area (Å²) in [5, 5.41) is 54.4. The maximum Gasteiger partial charge on any atom is 0.305 e. The molecule has 1 aliphatic rings. The topological polar surface area (TPSA) is 175 Å². The van der Waals surface area contributed by atoms with E-state index in [1.807, 2.05) is 6.08 Å². The number of rotatable bonds is 56. The van der Waals surface area contributed by atoms with Gasteiger partial charge in [-0.05, 0) is 116 Å². The second-order valence-electron chi connectivity index (χ2n) is 22.4. The Kier molecular flexibility index (Phi) is 53.4. The van der Waals surface area contributed by atoms with E-state index in [-0.39, 0.29) is 18.5 Å². The number of carbonyl (C=O) groups excluding carboxylic acids is 2. The first kappa shape index (κ1) is 74.1. The van der Waals surface area contributed by atoms with Crippen molar-refractivity contribution in [1.29, 1.82) is 0 Å². The molecule has 0 aromatic heterocycles. The summed E-state index contributed by atoms with van der Waals surface area (Å²) in [5.74, 6) is -0.217. The summed E-state index contributed by atoms with van der Waals surface area (Å²) in [7, 11) is 0. The number of esters is 1. The molecular formula is C68H121NO10. The molecule has 7 unspecified atom stereocenters. The van der Waals surface area contributed by atoms with Crippen molar-refractivity contribution in [2.24, 2.45) is 0 Å². The highest BCUT2D eigenvalue weighted by Gasteiger charge is 2.44. The van der Waals surface area contributed by atoms with Gasteiger partial charge in [-0.3, -0.25) is 9.59 Å². The lowest BCUT2D eigenvalue weighted by molar-refractivity contribution is -0.302. The highest BCUT2D eigenvalue weighted by atomic mass is 16.7. The molecule has 1 fully saturated rings. The van der Waals surface area contributed by atoms with Crippen LogP contribution in [-0.2, 0) is 23.8 Å². The van der Waals surface area contributed by atoms with Crippen LogP contribution in [0.15, 0.2) is 72.9 Å². The lowest BCUT2D eigenvalue weighted by Crippen LogP contribution is -2.60. The number of carbonyl (C=O) groups is 2. The molecule has 0 spiro atoms. The van der Waals surface area contributed by atoms with Crippen molar-refractivity contribution in [1.82, 2.24) is 5.32 Å². The number of amides is 1. The van der Waals surface area contributed by atoms with Gasteiger partial charge in [-0.1, -0.05) is 228 Å². The molecule has 1 saturated heterocycles. The van der Waals surface area contributed by atoms with Crippen LogP contribution in [0.2, 0.25) is 0 Å². The van der Waals surface area contributed by atoms with Gasteiger partial charge in [-0.2, -0.15) is 0 Å². The summed E-state index contributed by atoms with van der Waals surface area (Å²) in [4.78, 5) is 25.1. The second kappa shape index (κ2) is 56.9. The molecule has 0 radical (unpaired) electrons. The average Bonchev–Trinajstić information content (AvgIpc) is 3.47. The van der Waals surface area contributed by atoms with Gasteiger partial charge in [0.1, 0.15) is 24.4 Å². The van der Waals surface area contributed by atoms with Crippen LogP contribution < -0.4 is 5.32 Å². The fraction of sp³-hybridized carbons (Fsp3) is 0.794. The van der Waals surface area contributed by atoms with Gasteiger partial charge in [0, 0.05) is 12.8 Å². The zero-order chi connectivity index (χ0) is 57.3. The molecule has 1 amide bonds. The SMILES string of the molecule is CCCCC/C=C\CCCCCCCC(=O)OCCCCCCCCCCC/C=C\C/C=C\CCCCCCCCCCCC(=O)NC(COC1OC(CO)C(O)C(O)C1O)C(O)/C=C/CC/C=C/CC/C=C/CCCCCC. The van der Waals surface area contributed by atoms with Crippen LogP contribution in [0.4, 0.5) is 0 Å². The number of allylic oxidation sites excluding steroid dienone is 11. The van der Waals surface area contributed by atoms with Gasteiger partial charge in [0.05, 0.1) is 32.0 Å². The highest BCUT2D eigenvalue weighted by molar-refractivity contribution is 5.76. The quantitative estimate of drug-likeness (QED) is 0.0195. The average molecular weight is 1110 g/mol. The summed E-state index contributed by atoms with van der Waals surface area (Å²) < 4.78 is 16.7. The van der Waals surface area contributed by atoms with Gasteiger partial charge in [-0.15, -0.1) is 0 Å². The van der Waals surface area contributed by atoms with E-state index in [4.69, 9.17) is 14.2 Å². The van der Waals surface area contributed by atoms with E-state index < -0.39 is 49.5 Å². The number of ether oxygens (including phenoxy) is 3. The molecule has 458 valence electrons. The predicted molar refractivity (Wildman–Crippen MR) is 329 cm³/mol. The molecule has 11 heteroatoms. The first-order chi connectivity index (χ1) is 38.7. The smallest absolute Gasteiger partial charge is 0.305 e. The van der Waals surface area contributed by atoms with Crippen molar-refractivity contribution < 1.29 is 49.3 Å². The number of nitrogens with one attached hydrogen (secondary N) is 1. The first-order valence-corrected chi connectivity index (χ1v) is 32.7. The predicted octanol–water partition coefficient (Wildman–Crippen LogP) is 16.0. The fourth-order valence-corrected chi connectivity index (χ4v) is 9.78. The van der Waals surface area contributed by atoms with Gasteiger partial charge < -0.3 is 45.1 Å². The van der Waals surface area contributed by atoms with Crippen molar-refractivity contribution in [3.8, 4) is 0 Å². The maximum atomic E-state index is 13.1. The molecule has 7 atom stereocenters. The summed E-state index contributed by atoms with van der Waals surface area (Å²) in [6.07, 6.45) is 65.8. The molecule has 1 aliphatic heterocycles. The van der Waals surface area contributed by atoms with Crippen LogP contribution in [0, 0.1) is 0 Å². The first-order valence-electron chi connectivity index (χ1n) is 32.7. The lowest BCUT2D eigenvalue weighted by atomic mass is 9.99. The van der Waals surface area contributed by atoms with E-state index in [0.717, 1.165) is 96.3 Å². The van der Waals surface area contributed by atoms with Crippen molar-refractivity contribution in [2.75, 3.05) is 19.8 Å². The van der Waals surface area contributed by atoms with Gasteiger partial charge >= 0.3 is 5.97 Å². The van der Waals surface area contributed by atoms with E-state index in [9.17, 15) is 35.1 Å². The summed E-state index contributed by atoms with van der Waals surface area (Å²) in [5.41, 5.74) is 0. The Morgan fingerprint density at radius 1 is 0.468 bits per heavy atom. The van der Waals surface area contributed by atoms with Crippen molar-refractivity contribution in [3.05, 3.63) is 72.9 Å². The number of hydrogen-bond donors (Lipinski definition) is 6. The molecule has 1 heterocycles. The molecule has 1 rings (SSSR count). The molecule has 0 aromatic carbocycles. The number of unbranched alkanes of at least 4 members (excludes halogenated alkanes) is 32. The molecule has 11 nitrogen and oxygen atoms in total.